The van der Waals surface area contributed by atoms with Crippen LogP contribution in [0.3, 0.4) is 0 Å². The number of nitro groups is 1. The van der Waals surface area contributed by atoms with Gasteiger partial charge in [-0.05, 0) is 26.3 Å². The highest BCUT2D eigenvalue weighted by Crippen LogP contribution is 2.42. The first kappa shape index (κ1) is 29.3. The van der Waals surface area contributed by atoms with Gasteiger partial charge in [-0.15, -0.1) is 0 Å². The molecule has 0 spiro atoms. The molecule has 1 N–H and O–H groups in total. The van der Waals surface area contributed by atoms with Crippen molar-refractivity contribution in [2.45, 2.75) is 97.5 Å². The third kappa shape index (κ3) is 8.60. The lowest BCUT2D eigenvalue weighted by molar-refractivity contribution is -0.431. The number of carbonyl (C=O) groups is 1. The van der Waals surface area contributed by atoms with Crippen molar-refractivity contribution in [3.63, 3.8) is 0 Å². The second kappa shape index (κ2) is 15.2. The van der Waals surface area contributed by atoms with E-state index in [-0.39, 0.29) is 34.9 Å². The Morgan fingerprint density at radius 1 is 1.00 bits per heavy atom. The van der Waals surface area contributed by atoms with Crippen LogP contribution in [0, 0.1) is 10.1 Å². The summed E-state index contributed by atoms with van der Waals surface area (Å²) in [5.41, 5.74) is 0.417. The summed E-state index contributed by atoms with van der Waals surface area (Å²) in [6.45, 7) is 2.39. The Kier molecular flexibility index (Phi) is 12.4. The van der Waals surface area contributed by atoms with Gasteiger partial charge >= 0.3 is 12.6 Å². The molecular formula is C27H38F2N2O5. The molecule has 2 rings (SSSR count). The summed E-state index contributed by atoms with van der Waals surface area (Å²) in [5.74, 6) is -2.14. The number of nitrogens with zero attached hydrogens (tertiary/aromatic N) is 1. The number of ether oxygens (including phenoxy) is 2. The van der Waals surface area contributed by atoms with Gasteiger partial charge < -0.3 is 14.8 Å². The average molecular weight is 509 g/mol. The Bertz CT molecular complexity index is 946. The van der Waals surface area contributed by atoms with Crippen molar-refractivity contribution in [1.82, 2.24) is 5.32 Å². The highest BCUT2D eigenvalue weighted by Gasteiger charge is 2.42. The van der Waals surface area contributed by atoms with Gasteiger partial charge in [0.2, 0.25) is 0 Å². The Morgan fingerprint density at radius 2 is 1.58 bits per heavy atom. The predicted molar refractivity (Wildman–Crippen MR) is 134 cm³/mol. The third-order valence-electron chi connectivity index (χ3n) is 6.32. The van der Waals surface area contributed by atoms with Crippen LogP contribution in [0.5, 0.6) is 5.75 Å². The Morgan fingerprint density at radius 3 is 2.17 bits per heavy atom. The van der Waals surface area contributed by atoms with E-state index in [0.29, 0.717) is 12.1 Å². The maximum absolute atomic E-state index is 13.1. The molecule has 7 nitrogen and oxygen atoms in total. The lowest BCUT2D eigenvalue weighted by atomic mass is 9.83. The lowest BCUT2D eigenvalue weighted by Crippen LogP contribution is -2.32. The molecule has 0 radical (unpaired) electrons. The van der Waals surface area contributed by atoms with Crippen LogP contribution in [0.1, 0.15) is 96.5 Å². The normalized spacial score (nSPS) is 15.8. The molecule has 0 saturated carbocycles. The van der Waals surface area contributed by atoms with Gasteiger partial charge in [0.15, 0.2) is 0 Å². The van der Waals surface area contributed by atoms with E-state index in [1.54, 1.807) is 13.0 Å². The largest absolute Gasteiger partial charge is 0.462 e. The summed E-state index contributed by atoms with van der Waals surface area (Å²) in [6.07, 6.45) is 11.4. The Labute approximate surface area is 212 Å². The second-order valence-corrected chi connectivity index (χ2v) is 9.10. The topological polar surface area (TPSA) is 90.7 Å². The molecule has 9 heteroatoms. The van der Waals surface area contributed by atoms with E-state index in [4.69, 9.17) is 4.74 Å². The number of unbranched alkanes of at least 4 members (excludes halogenated alkanes) is 9. The van der Waals surface area contributed by atoms with E-state index in [2.05, 4.69) is 17.0 Å². The summed E-state index contributed by atoms with van der Waals surface area (Å²) >= 11 is 0. The fraction of sp³-hybridized carbons (Fsp3) is 0.593. The minimum atomic E-state index is -3.12. The molecule has 1 atom stereocenters. The van der Waals surface area contributed by atoms with Crippen LogP contribution >= 0.6 is 0 Å². The quantitative estimate of drug-likeness (QED) is 0.110. The summed E-state index contributed by atoms with van der Waals surface area (Å²) in [6, 6.07) is 5.81. The molecule has 0 aromatic heterocycles. The zero-order valence-electron chi connectivity index (χ0n) is 21.5. The molecule has 0 saturated heterocycles. The van der Waals surface area contributed by atoms with Crippen LogP contribution in [-0.2, 0) is 9.53 Å². The summed E-state index contributed by atoms with van der Waals surface area (Å²) < 4.78 is 36.2. The van der Waals surface area contributed by atoms with E-state index in [1.807, 2.05) is 0 Å². The number of hydrogen-bond donors (Lipinski definition) is 1. The van der Waals surface area contributed by atoms with E-state index in [1.165, 1.54) is 63.6 Å². The van der Waals surface area contributed by atoms with Gasteiger partial charge in [0.25, 0.3) is 5.70 Å². The number of dihydropyridines is 1. The van der Waals surface area contributed by atoms with Gasteiger partial charge in [0.05, 0.1) is 22.8 Å². The highest BCUT2D eigenvalue weighted by atomic mass is 19.3. The minimum Gasteiger partial charge on any atom is -0.462 e. The molecule has 1 aromatic carbocycles. The molecule has 200 valence electrons. The van der Waals surface area contributed by atoms with Crippen LogP contribution in [0.4, 0.5) is 8.78 Å². The number of nitrogens with one attached hydrogen (secondary N) is 1. The number of carbonyl (C=O) groups excluding carboxylic acids is 1. The van der Waals surface area contributed by atoms with Gasteiger partial charge in [-0.2, -0.15) is 8.78 Å². The number of allylic oxidation sites excluding steroid dienone is 3. The molecule has 0 aliphatic carbocycles. The van der Waals surface area contributed by atoms with Crippen LogP contribution in [-0.4, -0.2) is 24.1 Å². The summed E-state index contributed by atoms with van der Waals surface area (Å²) in [7, 11) is 0. The minimum absolute atomic E-state index is 0.0182. The molecule has 1 unspecified atom stereocenters. The number of hydrogen-bond acceptors (Lipinski definition) is 6. The Hall–Kier alpha value is -2.97. The van der Waals surface area contributed by atoms with Crippen LogP contribution < -0.4 is 10.1 Å². The van der Waals surface area contributed by atoms with Crippen molar-refractivity contribution >= 4 is 5.97 Å². The Balaban J connectivity index is 2.05. The number of benzene rings is 1. The molecule has 1 aliphatic heterocycles. The van der Waals surface area contributed by atoms with E-state index >= 15 is 0 Å². The van der Waals surface area contributed by atoms with Crippen molar-refractivity contribution in [1.29, 1.82) is 0 Å². The van der Waals surface area contributed by atoms with Crippen molar-refractivity contribution < 1.29 is 28.0 Å². The SMILES string of the molecule is CCCCCCCCCCCCOC(=O)C1=C(C)NC(C)=C([N+](=O)[O-])C1c1ccccc1OC(F)F. The number of para-hydroxylation sites is 1. The standard InChI is InChI=1S/C27H38F2N2O5/c1-4-5-6-7-8-9-10-11-12-15-18-35-26(32)23-19(2)30-20(3)25(31(33)34)24(23)21-16-13-14-17-22(21)36-27(28)29/h13-14,16-17,24,27,30H,4-12,15,18H2,1-3H3. The zero-order chi connectivity index (χ0) is 26.5. The van der Waals surface area contributed by atoms with E-state index in [9.17, 15) is 23.7 Å². The van der Waals surface area contributed by atoms with Gasteiger partial charge in [-0.1, -0.05) is 82.9 Å². The van der Waals surface area contributed by atoms with Crippen LogP contribution in [0.2, 0.25) is 0 Å². The zero-order valence-corrected chi connectivity index (χ0v) is 21.5. The van der Waals surface area contributed by atoms with E-state index in [0.717, 1.165) is 19.3 Å². The molecule has 36 heavy (non-hydrogen) atoms. The van der Waals surface area contributed by atoms with Crippen molar-refractivity contribution in [2.75, 3.05) is 6.61 Å². The molecule has 0 amide bonds. The fourth-order valence-corrected chi connectivity index (χ4v) is 4.55. The molecule has 1 heterocycles. The second-order valence-electron chi connectivity index (χ2n) is 9.10. The van der Waals surface area contributed by atoms with Crippen molar-refractivity contribution in [2.24, 2.45) is 0 Å². The monoisotopic (exact) mass is 508 g/mol. The third-order valence-corrected chi connectivity index (χ3v) is 6.32. The lowest BCUT2D eigenvalue weighted by Gasteiger charge is -2.27. The predicted octanol–water partition coefficient (Wildman–Crippen LogP) is 7.22. The van der Waals surface area contributed by atoms with Gasteiger partial charge in [0, 0.05) is 11.3 Å². The average Bonchev–Trinajstić information content (AvgIpc) is 2.81. The van der Waals surface area contributed by atoms with Crippen molar-refractivity contribution in [3.05, 3.63) is 62.6 Å². The van der Waals surface area contributed by atoms with Crippen LogP contribution in [0.25, 0.3) is 0 Å². The number of alkyl halides is 2. The first-order valence-corrected chi connectivity index (χ1v) is 12.8. The van der Waals surface area contributed by atoms with Gasteiger partial charge in [0.1, 0.15) is 11.7 Å². The van der Waals surface area contributed by atoms with Gasteiger partial charge in [-0.25, -0.2) is 4.79 Å². The molecular weight excluding hydrogens is 470 g/mol. The number of rotatable bonds is 16. The molecule has 0 fully saturated rings. The summed E-state index contributed by atoms with van der Waals surface area (Å²) in [4.78, 5) is 24.5. The maximum Gasteiger partial charge on any atom is 0.387 e. The molecule has 1 aliphatic rings. The smallest absolute Gasteiger partial charge is 0.387 e. The number of halogens is 2. The maximum atomic E-state index is 13.1. The first-order chi connectivity index (χ1) is 17.3. The molecule has 1 aromatic rings. The molecule has 0 bridgehead atoms. The first-order valence-electron chi connectivity index (χ1n) is 12.8. The number of esters is 1. The summed E-state index contributed by atoms with van der Waals surface area (Å²) in [5, 5.41) is 14.8. The van der Waals surface area contributed by atoms with Crippen LogP contribution in [0.15, 0.2) is 46.9 Å². The van der Waals surface area contributed by atoms with E-state index < -0.39 is 23.4 Å². The van der Waals surface area contributed by atoms with Gasteiger partial charge in [-0.3, -0.25) is 10.1 Å². The fourth-order valence-electron chi connectivity index (χ4n) is 4.55. The highest BCUT2D eigenvalue weighted by molar-refractivity contribution is 5.92. The van der Waals surface area contributed by atoms with Crippen molar-refractivity contribution in [3.8, 4) is 5.75 Å².